The van der Waals surface area contributed by atoms with Gasteiger partial charge >= 0.3 is 0 Å². The molecule has 2 rings (SSSR count). The fourth-order valence-electron chi connectivity index (χ4n) is 1.21. The molecular weight excluding hydrogens is 288 g/mol. The van der Waals surface area contributed by atoms with Crippen molar-refractivity contribution in [1.82, 2.24) is 0 Å². The van der Waals surface area contributed by atoms with Crippen molar-refractivity contribution < 1.29 is 10.2 Å². The Bertz CT molecular complexity index is 425. The first-order chi connectivity index (χ1) is 10.2. The van der Waals surface area contributed by atoms with Gasteiger partial charge in [0.25, 0.3) is 0 Å². The van der Waals surface area contributed by atoms with Gasteiger partial charge in [-0.2, -0.15) is 0 Å². The second kappa shape index (κ2) is 14.7. The van der Waals surface area contributed by atoms with Crippen LogP contribution in [0.1, 0.15) is 0 Å². The zero-order valence-corrected chi connectivity index (χ0v) is 12.7. The number of benzene rings is 2. The van der Waals surface area contributed by atoms with Crippen molar-refractivity contribution in [3.8, 4) is 0 Å². The fourth-order valence-corrected chi connectivity index (χ4v) is 1.21. The lowest BCUT2D eigenvalue weighted by molar-refractivity contribution is 0.311. The average molecular weight is 311 g/mol. The summed E-state index contributed by atoms with van der Waals surface area (Å²) in [5, 5.41) is 19.3. The summed E-state index contributed by atoms with van der Waals surface area (Å²) < 4.78 is 0. The Hall–Kier alpha value is -1.75. The highest BCUT2D eigenvalue weighted by molar-refractivity contribution is 6.17. The van der Waals surface area contributed by atoms with Gasteiger partial charge in [-0.05, 0) is 24.3 Å². The van der Waals surface area contributed by atoms with Crippen molar-refractivity contribution in [3.05, 3.63) is 60.7 Å². The van der Waals surface area contributed by atoms with E-state index in [4.69, 9.17) is 27.5 Å². The molecule has 0 bridgehead atoms. The number of nitrogen functional groups attached to an aromatic ring is 1. The van der Waals surface area contributed by atoms with Crippen LogP contribution in [0.4, 0.5) is 11.4 Å². The van der Waals surface area contributed by atoms with E-state index in [2.05, 4.69) is 5.32 Å². The Morgan fingerprint density at radius 2 is 1.33 bits per heavy atom. The maximum absolute atomic E-state index is 8.47. The Morgan fingerprint density at radius 1 is 0.857 bits per heavy atom. The molecule has 21 heavy (non-hydrogen) atoms. The van der Waals surface area contributed by atoms with E-state index in [-0.39, 0.29) is 13.2 Å². The third-order valence-electron chi connectivity index (χ3n) is 2.10. The number of para-hydroxylation sites is 2. The second-order valence-corrected chi connectivity index (χ2v) is 4.22. The summed E-state index contributed by atoms with van der Waals surface area (Å²) in [6.07, 6.45) is 0. The highest BCUT2D eigenvalue weighted by atomic mass is 35.5. The number of aliphatic hydroxyl groups excluding tert-OH is 2. The molecule has 116 valence electrons. The summed E-state index contributed by atoms with van der Waals surface area (Å²) in [4.78, 5) is 0. The molecule has 2 aromatic carbocycles. The number of halogens is 1. The van der Waals surface area contributed by atoms with Gasteiger partial charge in [0.2, 0.25) is 0 Å². The van der Waals surface area contributed by atoms with Crippen molar-refractivity contribution in [2.24, 2.45) is 0 Å². The van der Waals surface area contributed by atoms with Crippen LogP contribution in [-0.2, 0) is 0 Å². The van der Waals surface area contributed by atoms with Crippen LogP contribution in [0.2, 0.25) is 0 Å². The van der Waals surface area contributed by atoms with Gasteiger partial charge in [0.15, 0.2) is 0 Å². The van der Waals surface area contributed by atoms with E-state index in [9.17, 15) is 0 Å². The van der Waals surface area contributed by atoms with Crippen LogP contribution in [0.3, 0.4) is 0 Å². The maximum Gasteiger partial charge on any atom is 0.0604 e. The number of rotatable bonds is 4. The van der Waals surface area contributed by atoms with Gasteiger partial charge in [0, 0.05) is 23.8 Å². The largest absolute Gasteiger partial charge is 0.399 e. The molecule has 4 nitrogen and oxygen atoms in total. The minimum atomic E-state index is 0.0849. The molecule has 0 aromatic heterocycles. The van der Waals surface area contributed by atoms with E-state index in [0.29, 0.717) is 12.4 Å². The molecule has 5 heteroatoms. The molecule has 0 aliphatic rings. The lowest BCUT2D eigenvalue weighted by atomic mass is 10.3. The number of aliphatic hydroxyl groups is 2. The number of nitrogens with one attached hydrogen (secondary N) is 1. The molecule has 5 N–H and O–H groups in total. The van der Waals surface area contributed by atoms with E-state index in [1.807, 2.05) is 60.7 Å². The summed E-state index contributed by atoms with van der Waals surface area (Å²) in [7, 11) is 0. The Balaban J connectivity index is 0.000000317. The lowest BCUT2D eigenvalue weighted by Crippen LogP contribution is -2.04. The molecule has 0 aliphatic carbocycles. The SMILES string of the molecule is Nc1ccccc1.OCCCl.OCCNc1ccccc1. The number of hydrogen-bond donors (Lipinski definition) is 4. The van der Waals surface area contributed by atoms with Crippen molar-refractivity contribution in [3.63, 3.8) is 0 Å². The van der Waals surface area contributed by atoms with Crippen molar-refractivity contribution in [2.45, 2.75) is 0 Å². The quantitative estimate of drug-likeness (QED) is 0.517. The third kappa shape index (κ3) is 13.0. The van der Waals surface area contributed by atoms with Crippen molar-refractivity contribution in [2.75, 3.05) is 36.7 Å². The molecule has 0 radical (unpaired) electrons. The first-order valence-corrected chi connectivity index (χ1v) is 7.15. The number of alkyl halides is 1. The van der Waals surface area contributed by atoms with Crippen LogP contribution in [0.25, 0.3) is 0 Å². The average Bonchev–Trinajstić information content (AvgIpc) is 2.55. The molecule has 0 saturated heterocycles. The molecule has 0 amide bonds. The standard InChI is InChI=1S/C8H11NO.C6H7N.C2H5ClO/c10-7-6-9-8-4-2-1-3-5-8;7-6-4-2-1-3-5-6;3-1-2-4/h1-5,9-10H,6-7H2;1-5H,7H2;4H,1-2H2. The van der Waals surface area contributed by atoms with Crippen LogP contribution in [-0.4, -0.2) is 35.9 Å². The summed E-state index contributed by atoms with van der Waals surface area (Å²) in [6, 6.07) is 19.3. The van der Waals surface area contributed by atoms with Crippen LogP contribution in [0.15, 0.2) is 60.7 Å². The maximum atomic E-state index is 8.47. The molecule has 0 saturated carbocycles. The Morgan fingerprint density at radius 3 is 1.67 bits per heavy atom. The molecular formula is C16H23ClN2O2. The van der Waals surface area contributed by atoms with Crippen molar-refractivity contribution in [1.29, 1.82) is 0 Å². The second-order valence-electron chi connectivity index (χ2n) is 3.84. The highest BCUT2D eigenvalue weighted by Crippen LogP contribution is 2.03. The molecule has 0 spiro atoms. The summed E-state index contributed by atoms with van der Waals surface area (Å²) in [5.74, 6) is 0.347. The van der Waals surface area contributed by atoms with Gasteiger partial charge in [0.05, 0.1) is 13.2 Å². The molecule has 0 unspecified atom stereocenters. The zero-order valence-electron chi connectivity index (χ0n) is 12.0. The molecule has 0 aliphatic heterocycles. The summed E-state index contributed by atoms with van der Waals surface area (Å²) in [6.45, 7) is 0.875. The van der Waals surface area contributed by atoms with E-state index in [1.165, 1.54) is 0 Å². The van der Waals surface area contributed by atoms with Crippen LogP contribution in [0, 0.1) is 0 Å². The molecule has 2 aromatic rings. The Kier molecular flexibility index (Phi) is 13.4. The first-order valence-electron chi connectivity index (χ1n) is 6.61. The smallest absolute Gasteiger partial charge is 0.0604 e. The van der Waals surface area contributed by atoms with Crippen LogP contribution >= 0.6 is 11.6 Å². The number of anilines is 2. The van der Waals surface area contributed by atoms with E-state index in [0.717, 1.165) is 11.4 Å². The van der Waals surface area contributed by atoms with Gasteiger partial charge in [-0.1, -0.05) is 36.4 Å². The lowest BCUT2D eigenvalue weighted by Gasteiger charge is -2.01. The normalized spacial score (nSPS) is 8.71. The fraction of sp³-hybridized carbons (Fsp3) is 0.250. The zero-order chi connectivity index (χ0) is 15.8. The van der Waals surface area contributed by atoms with E-state index >= 15 is 0 Å². The molecule has 0 fully saturated rings. The molecule has 0 heterocycles. The number of hydrogen-bond acceptors (Lipinski definition) is 4. The number of nitrogens with two attached hydrogens (primary N) is 1. The minimum absolute atomic E-state index is 0.0849. The summed E-state index contributed by atoms with van der Waals surface area (Å²) in [5.41, 5.74) is 7.23. The highest BCUT2D eigenvalue weighted by Gasteiger charge is 1.84. The monoisotopic (exact) mass is 310 g/mol. The predicted molar refractivity (Wildman–Crippen MR) is 90.7 cm³/mol. The molecule has 0 atom stereocenters. The Labute approximate surface area is 131 Å². The van der Waals surface area contributed by atoms with Crippen molar-refractivity contribution >= 4 is 23.0 Å². The van der Waals surface area contributed by atoms with Gasteiger partial charge in [0.1, 0.15) is 0 Å². The minimum Gasteiger partial charge on any atom is -0.399 e. The summed E-state index contributed by atoms with van der Waals surface area (Å²) >= 11 is 4.94. The van der Waals surface area contributed by atoms with Crippen LogP contribution < -0.4 is 11.1 Å². The third-order valence-corrected chi connectivity index (χ3v) is 2.27. The van der Waals surface area contributed by atoms with Gasteiger partial charge in [-0.15, -0.1) is 11.6 Å². The van der Waals surface area contributed by atoms with Gasteiger partial charge in [-0.3, -0.25) is 0 Å². The van der Waals surface area contributed by atoms with E-state index in [1.54, 1.807) is 0 Å². The van der Waals surface area contributed by atoms with Gasteiger partial charge < -0.3 is 21.3 Å². The first kappa shape index (κ1) is 19.2. The van der Waals surface area contributed by atoms with Gasteiger partial charge in [-0.25, -0.2) is 0 Å². The predicted octanol–water partition coefficient (Wildman–Crippen LogP) is 2.58. The topological polar surface area (TPSA) is 78.5 Å². The van der Waals surface area contributed by atoms with Crippen LogP contribution in [0.5, 0.6) is 0 Å². The van der Waals surface area contributed by atoms with E-state index < -0.39 is 0 Å².